The van der Waals surface area contributed by atoms with Crippen molar-refractivity contribution >= 4 is 5.84 Å². The van der Waals surface area contributed by atoms with Gasteiger partial charge in [-0.2, -0.15) is 0 Å². The summed E-state index contributed by atoms with van der Waals surface area (Å²) < 4.78 is 0. The minimum Gasteiger partial charge on any atom is -0.370 e. The van der Waals surface area contributed by atoms with E-state index in [0.29, 0.717) is 6.04 Å². The van der Waals surface area contributed by atoms with Crippen molar-refractivity contribution in [2.45, 2.75) is 45.1 Å². The van der Waals surface area contributed by atoms with Crippen molar-refractivity contribution in [2.75, 3.05) is 19.6 Å². The van der Waals surface area contributed by atoms with Crippen molar-refractivity contribution < 1.29 is 0 Å². The number of piperidine rings is 1. The van der Waals surface area contributed by atoms with E-state index in [1.54, 1.807) is 0 Å². The van der Waals surface area contributed by atoms with Crippen LogP contribution in [0.5, 0.6) is 0 Å². The van der Waals surface area contributed by atoms with Crippen molar-refractivity contribution in [3.8, 4) is 0 Å². The van der Waals surface area contributed by atoms with Gasteiger partial charge in [-0.15, -0.1) is 0 Å². The van der Waals surface area contributed by atoms with Gasteiger partial charge in [-0.1, -0.05) is 6.92 Å². The number of amidine groups is 1. The van der Waals surface area contributed by atoms with Crippen LogP contribution >= 0.6 is 0 Å². The number of nitrogens with zero attached hydrogens (tertiary/aromatic N) is 1. The van der Waals surface area contributed by atoms with E-state index in [1.165, 1.54) is 38.1 Å². The standard InChI is InChI=1S/C12H23N3/c1-10-4-5-12(14-8-6-10)15-11-3-2-7-13-9-11/h10-11,13H,2-9H2,1H3,(H,14,15). The first-order valence-electron chi connectivity index (χ1n) is 6.35. The highest BCUT2D eigenvalue weighted by molar-refractivity contribution is 5.82. The lowest BCUT2D eigenvalue weighted by molar-refractivity contribution is 0.428. The maximum absolute atomic E-state index is 4.65. The van der Waals surface area contributed by atoms with E-state index >= 15 is 0 Å². The topological polar surface area (TPSA) is 36.4 Å². The minimum absolute atomic E-state index is 0.617. The van der Waals surface area contributed by atoms with E-state index in [4.69, 9.17) is 0 Å². The average Bonchev–Trinajstić information content (AvgIpc) is 2.46. The molecule has 2 aliphatic heterocycles. The molecule has 1 fully saturated rings. The summed E-state index contributed by atoms with van der Waals surface area (Å²) in [5, 5.41) is 7.04. The van der Waals surface area contributed by atoms with Crippen molar-refractivity contribution in [3.05, 3.63) is 0 Å². The molecule has 2 unspecified atom stereocenters. The van der Waals surface area contributed by atoms with Crippen LogP contribution in [0.3, 0.4) is 0 Å². The smallest absolute Gasteiger partial charge is 0.0965 e. The zero-order valence-electron chi connectivity index (χ0n) is 9.76. The van der Waals surface area contributed by atoms with E-state index in [2.05, 4.69) is 22.5 Å². The maximum Gasteiger partial charge on any atom is 0.0965 e. The third-order valence-corrected chi connectivity index (χ3v) is 3.47. The lowest BCUT2D eigenvalue weighted by atomic mass is 10.0. The fourth-order valence-corrected chi connectivity index (χ4v) is 2.35. The second-order valence-electron chi connectivity index (χ2n) is 4.95. The summed E-state index contributed by atoms with van der Waals surface area (Å²) in [6, 6.07) is 0.617. The Morgan fingerprint density at radius 2 is 2.27 bits per heavy atom. The molecule has 0 amide bonds. The molecule has 0 spiro atoms. The second kappa shape index (κ2) is 5.50. The van der Waals surface area contributed by atoms with Crippen LogP contribution in [-0.2, 0) is 0 Å². The zero-order chi connectivity index (χ0) is 10.5. The number of rotatable bonds is 1. The van der Waals surface area contributed by atoms with E-state index in [0.717, 1.165) is 25.4 Å². The van der Waals surface area contributed by atoms with E-state index in [9.17, 15) is 0 Å². The summed E-state index contributed by atoms with van der Waals surface area (Å²) in [6.07, 6.45) is 6.29. The highest BCUT2D eigenvalue weighted by Gasteiger charge is 2.16. The first-order valence-corrected chi connectivity index (χ1v) is 6.35. The molecule has 3 nitrogen and oxygen atoms in total. The van der Waals surface area contributed by atoms with Crippen LogP contribution in [-0.4, -0.2) is 31.5 Å². The van der Waals surface area contributed by atoms with Gasteiger partial charge in [-0.05, 0) is 38.1 Å². The van der Waals surface area contributed by atoms with Crippen molar-refractivity contribution in [3.63, 3.8) is 0 Å². The number of nitrogens with one attached hydrogen (secondary N) is 2. The van der Waals surface area contributed by atoms with Gasteiger partial charge >= 0.3 is 0 Å². The molecular formula is C12H23N3. The molecule has 0 bridgehead atoms. The van der Waals surface area contributed by atoms with Gasteiger partial charge in [0.15, 0.2) is 0 Å². The van der Waals surface area contributed by atoms with Gasteiger partial charge in [-0.25, -0.2) is 0 Å². The van der Waals surface area contributed by atoms with E-state index in [1.807, 2.05) is 0 Å². The summed E-state index contributed by atoms with van der Waals surface area (Å²) in [6.45, 7) is 5.64. The van der Waals surface area contributed by atoms with E-state index in [-0.39, 0.29) is 0 Å². The third kappa shape index (κ3) is 3.49. The van der Waals surface area contributed by atoms with E-state index < -0.39 is 0 Å². The van der Waals surface area contributed by atoms with Crippen LogP contribution in [0.1, 0.15) is 39.0 Å². The molecule has 2 rings (SSSR count). The molecule has 2 atom stereocenters. The summed E-state index contributed by atoms with van der Waals surface area (Å²) in [5.74, 6) is 2.10. The molecule has 2 N–H and O–H groups in total. The predicted octanol–water partition coefficient (Wildman–Crippen LogP) is 1.55. The second-order valence-corrected chi connectivity index (χ2v) is 4.95. The molecule has 0 saturated carbocycles. The predicted molar refractivity (Wildman–Crippen MR) is 64.3 cm³/mol. The molecule has 1 saturated heterocycles. The van der Waals surface area contributed by atoms with Gasteiger partial charge in [0.25, 0.3) is 0 Å². The highest BCUT2D eigenvalue weighted by Crippen LogP contribution is 2.14. The largest absolute Gasteiger partial charge is 0.370 e. The molecule has 86 valence electrons. The number of hydrogen-bond acceptors (Lipinski definition) is 3. The Labute approximate surface area is 92.7 Å². The van der Waals surface area contributed by atoms with Crippen LogP contribution in [0.25, 0.3) is 0 Å². The molecule has 0 aliphatic carbocycles. The Hall–Kier alpha value is -0.570. The minimum atomic E-state index is 0.617. The molecule has 3 heteroatoms. The maximum atomic E-state index is 4.65. The first kappa shape index (κ1) is 10.9. The van der Waals surface area contributed by atoms with Gasteiger partial charge < -0.3 is 10.6 Å². The summed E-state index contributed by atoms with van der Waals surface area (Å²) >= 11 is 0. The van der Waals surface area contributed by atoms with Crippen LogP contribution < -0.4 is 10.6 Å². The Morgan fingerprint density at radius 3 is 3.07 bits per heavy atom. The van der Waals surface area contributed by atoms with Gasteiger partial charge in [0, 0.05) is 25.6 Å². The van der Waals surface area contributed by atoms with Crippen molar-refractivity contribution in [2.24, 2.45) is 10.9 Å². The number of aliphatic imine (C=N–C) groups is 1. The van der Waals surface area contributed by atoms with Gasteiger partial charge in [0.1, 0.15) is 0 Å². The fourth-order valence-electron chi connectivity index (χ4n) is 2.35. The monoisotopic (exact) mass is 209 g/mol. The summed E-state index contributed by atoms with van der Waals surface area (Å²) in [7, 11) is 0. The molecule has 0 aromatic rings. The number of hydrogen-bond donors (Lipinski definition) is 2. The molecule has 0 aromatic carbocycles. The van der Waals surface area contributed by atoms with Crippen molar-refractivity contribution in [1.82, 2.24) is 10.6 Å². The van der Waals surface area contributed by atoms with Crippen LogP contribution in [0.4, 0.5) is 0 Å². The van der Waals surface area contributed by atoms with Crippen LogP contribution in [0.2, 0.25) is 0 Å². The molecule has 2 heterocycles. The molecule has 15 heavy (non-hydrogen) atoms. The van der Waals surface area contributed by atoms with Gasteiger partial charge in [-0.3, -0.25) is 4.99 Å². The summed E-state index contributed by atoms with van der Waals surface area (Å²) in [4.78, 5) is 4.65. The van der Waals surface area contributed by atoms with Crippen LogP contribution in [0.15, 0.2) is 4.99 Å². The first-order chi connectivity index (χ1) is 7.34. The normalized spacial score (nSPS) is 33.0. The molecule has 0 radical (unpaired) electrons. The highest BCUT2D eigenvalue weighted by atomic mass is 15.1. The van der Waals surface area contributed by atoms with Gasteiger partial charge in [0.2, 0.25) is 0 Å². The molecular weight excluding hydrogens is 186 g/mol. The van der Waals surface area contributed by atoms with Crippen LogP contribution in [0, 0.1) is 5.92 Å². The third-order valence-electron chi connectivity index (χ3n) is 3.47. The zero-order valence-corrected chi connectivity index (χ0v) is 9.76. The molecule has 0 aromatic heterocycles. The quantitative estimate of drug-likeness (QED) is 0.687. The SMILES string of the molecule is CC1CCN=C(NC2CCCNC2)CC1. The Balaban J connectivity index is 1.79. The lowest BCUT2D eigenvalue weighted by Crippen LogP contribution is -2.45. The Kier molecular flexibility index (Phi) is 4.01. The Morgan fingerprint density at radius 1 is 1.33 bits per heavy atom. The lowest BCUT2D eigenvalue weighted by Gasteiger charge is -2.25. The molecule has 2 aliphatic rings. The van der Waals surface area contributed by atoms with Gasteiger partial charge in [0.05, 0.1) is 5.84 Å². The average molecular weight is 209 g/mol. The van der Waals surface area contributed by atoms with Crippen molar-refractivity contribution in [1.29, 1.82) is 0 Å². The summed E-state index contributed by atoms with van der Waals surface area (Å²) in [5.41, 5.74) is 0. The fraction of sp³-hybridized carbons (Fsp3) is 0.917. The Bertz CT molecular complexity index is 219.